The number of nitrogens with zero attached hydrogens (tertiary/aromatic N) is 1. The lowest BCUT2D eigenvalue weighted by Crippen LogP contribution is -2.20. The van der Waals surface area contributed by atoms with Crippen molar-refractivity contribution in [2.45, 2.75) is 19.8 Å². The zero-order valence-electron chi connectivity index (χ0n) is 16.9. The summed E-state index contributed by atoms with van der Waals surface area (Å²) in [6.45, 7) is 5.91. The van der Waals surface area contributed by atoms with Gasteiger partial charge in [0.15, 0.2) is 11.5 Å². The summed E-state index contributed by atoms with van der Waals surface area (Å²) in [5.41, 5.74) is 4.87. The number of carbonyl (C=O) groups excluding carboxylic acids is 2. The van der Waals surface area contributed by atoms with Gasteiger partial charge in [-0.15, -0.1) is 0 Å². The standard InChI is InChI=1S/C22H24IN3O4/c1-4-11-30-22-17(23)12-16(13-19(22)29-3)14-24-26-21(28)10-9-20(27)25-18-8-6-5-7-15(18)2/h4-8,12-14H,1,9-11H2,2-3H3,(H,25,27)(H,26,28). The molecule has 0 radical (unpaired) electrons. The normalized spacial score (nSPS) is 10.5. The minimum atomic E-state index is -0.348. The maximum atomic E-state index is 12.0. The van der Waals surface area contributed by atoms with Crippen LogP contribution in [0.2, 0.25) is 0 Å². The van der Waals surface area contributed by atoms with Gasteiger partial charge >= 0.3 is 0 Å². The lowest BCUT2D eigenvalue weighted by Gasteiger charge is -2.12. The second-order valence-electron chi connectivity index (χ2n) is 6.29. The fraction of sp³-hybridized carbons (Fsp3) is 0.227. The molecule has 30 heavy (non-hydrogen) atoms. The van der Waals surface area contributed by atoms with Crippen LogP contribution in [0, 0.1) is 10.5 Å². The summed E-state index contributed by atoms with van der Waals surface area (Å²) >= 11 is 2.14. The smallest absolute Gasteiger partial charge is 0.240 e. The molecule has 0 unspecified atom stereocenters. The average Bonchev–Trinajstić information content (AvgIpc) is 2.73. The van der Waals surface area contributed by atoms with Gasteiger partial charge in [-0.3, -0.25) is 9.59 Å². The minimum absolute atomic E-state index is 0.0320. The first-order chi connectivity index (χ1) is 14.4. The van der Waals surface area contributed by atoms with Crippen LogP contribution in [0.5, 0.6) is 11.5 Å². The van der Waals surface area contributed by atoms with E-state index < -0.39 is 0 Å². The van der Waals surface area contributed by atoms with Crippen molar-refractivity contribution < 1.29 is 19.1 Å². The van der Waals surface area contributed by atoms with Crippen molar-refractivity contribution in [2.24, 2.45) is 5.10 Å². The lowest BCUT2D eigenvalue weighted by molar-refractivity contribution is -0.124. The Morgan fingerprint density at radius 2 is 1.93 bits per heavy atom. The number of hydrazone groups is 1. The number of rotatable bonds is 10. The van der Waals surface area contributed by atoms with Gasteiger partial charge in [0.2, 0.25) is 11.8 Å². The van der Waals surface area contributed by atoms with Gasteiger partial charge in [-0.2, -0.15) is 5.10 Å². The van der Waals surface area contributed by atoms with E-state index in [0.29, 0.717) is 18.1 Å². The van der Waals surface area contributed by atoms with Crippen LogP contribution in [0.25, 0.3) is 0 Å². The van der Waals surface area contributed by atoms with Crippen LogP contribution in [0.4, 0.5) is 5.69 Å². The topological polar surface area (TPSA) is 89.0 Å². The molecule has 0 aliphatic heterocycles. The summed E-state index contributed by atoms with van der Waals surface area (Å²) in [4.78, 5) is 24.0. The van der Waals surface area contributed by atoms with Crippen molar-refractivity contribution in [1.82, 2.24) is 5.43 Å². The van der Waals surface area contributed by atoms with Crippen LogP contribution in [0.15, 0.2) is 54.2 Å². The number of anilines is 1. The summed E-state index contributed by atoms with van der Waals surface area (Å²) in [7, 11) is 1.55. The first-order valence-electron chi connectivity index (χ1n) is 9.23. The summed E-state index contributed by atoms with van der Waals surface area (Å²) in [6.07, 6.45) is 3.26. The van der Waals surface area contributed by atoms with Gasteiger partial charge in [-0.1, -0.05) is 30.9 Å². The molecule has 0 saturated carbocycles. The molecule has 2 aromatic carbocycles. The third kappa shape index (κ3) is 7.18. The Kier molecular flexibility index (Phi) is 9.33. The number of nitrogens with one attached hydrogen (secondary N) is 2. The maximum Gasteiger partial charge on any atom is 0.240 e. The van der Waals surface area contributed by atoms with Crippen molar-refractivity contribution in [3.05, 3.63) is 63.8 Å². The third-order valence-corrected chi connectivity index (χ3v) is 4.80. The van der Waals surface area contributed by atoms with Crippen molar-refractivity contribution in [1.29, 1.82) is 0 Å². The molecule has 0 saturated heterocycles. The first-order valence-corrected chi connectivity index (χ1v) is 10.3. The highest BCUT2D eigenvalue weighted by Crippen LogP contribution is 2.33. The molecule has 7 nitrogen and oxygen atoms in total. The third-order valence-electron chi connectivity index (χ3n) is 4.00. The van der Waals surface area contributed by atoms with Gasteiger partial charge in [0, 0.05) is 18.5 Å². The number of amides is 2. The molecule has 0 bridgehead atoms. The number of ether oxygens (including phenoxy) is 2. The zero-order chi connectivity index (χ0) is 21.9. The molecular formula is C22H24IN3O4. The van der Waals surface area contributed by atoms with Crippen LogP contribution in [-0.4, -0.2) is 31.7 Å². The monoisotopic (exact) mass is 521 g/mol. The van der Waals surface area contributed by atoms with Crippen LogP contribution in [-0.2, 0) is 9.59 Å². The van der Waals surface area contributed by atoms with Gasteiger partial charge in [0.05, 0.1) is 16.9 Å². The largest absolute Gasteiger partial charge is 0.493 e. The number of hydrogen-bond donors (Lipinski definition) is 2. The van der Waals surface area contributed by atoms with Gasteiger partial charge in [0.25, 0.3) is 0 Å². The number of halogens is 1. The first kappa shape index (κ1) is 23.4. The van der Waals surface area contributed by atoms with E-state index in [-0.39, 0.29) is 24.7 Å². The molecule has 2 N–H and O–H groups in total. The van der Waals surface area contributed by atoms with Gasteiger partial charge in [-0.25, -0.2) is 5.43 Å². The van der Waals surface area contributed by atoms with E-state index in [1.54, 1.807) is 19.3 Å². The highest BCUT2D eigenvalue weighted by molar-refractivity contribution is 14.1. The predicted molar refractivity (Wildman–Crippen MR) is 126 cm³/mol. The Morgan fingerprint density at radius 1 is 1.20 bits per heavy atom. The number of aryl methyl sites for hydroxylation is 1. The van der Waals surface area contributed by atoms with Gasteiger partial charge in [-0.05, 0) is 58.8 Å². The molecule has 158 valence electrons. The van der Waals surface area contributed by atoms with Crippen LogP contribution >= 0.6 is 22.6 Å². The fourth-order valence-electron chi connectivity index (χ4n) is 2.48. The Morgan fingerprint density at radius 3 is 2.63 bits per heavy atom. The molecule has 0 heterocycles. The summed E-state index contributed by atoms with van der Waals surface area (Å²) in [6, 6.07) is 11.1. The number of hydrogen-bond acceptors (Lipinski definition) is 5. The van der Waals surface area contributed by atoms with Crippen molar-refractivity contribution >= 4 is 46.3 Å². The van der Waals surface area contributed by atoms with Crippen LogP contribution in [0.1, 0.15) is 24.0 Å². The fourth-order valence-corrected chi connectivity index (χ4v) is 3.27. The van der Waals surface area contributed by atoms with E-state index in [1.807, 2.05) is 37.3 Å². The zero-order valence-corrected chi connectivity index (χ0v) is 19.1. The van der Waals surface area contributed by atoms with E-state index in [0.717, 1.165) is 20.4 Å². The predicted octanol–water partition coefficient (Wildman–Crippen LogP) is 4.04. The maximum absolute atomic E-state index is 12.0. The average molecular weight is 521 g/mol. The van der Waals surface area contributed by atoms with E-state index in [9.17, 15) is 9.59 Å². The molecule has 2 amide bonds. The molecule has 2 aromatic rings. The lowest BCUT2D eigenvalue weighted by atomic mass is 10.2. The SMILES string of the molecule is C=CCOc1c(I)cc(C=NNC(=O)CCC(=O)Nc2ccccc2C)cc1OC. The van der Waals surface area contributed by atoms with E-state index >= 15 is 0 Å². The summed E-state index contributed by atoms with van der Waals surface area (Å²) in [5.74, 6) is 0.611. The van der Waals surface area contributed by atoms with Crippen LogP contribution in [0.3, 0.4) is 0 Å². The van der Waals surface area contributed by atoms with Gasteiger partial charge in [0.1, 0.15) is 6.61 Å². The molecule has 0 fully saturated rings. The van der Waals surface area contributed by atoms with E-state index in [4.69, 9.17) is 9.47 Å². The van der Waals surface area contributed by atoms with E-state index in [1.165, 1.54) is 6.21 Å². The van der Waals surface area contributed by atoms with Crippen molar-refractivity contribution in [3.8, 4) is 11.5 Å². The summed E-state index contributed by atoms with van der Waals surface area (Å²) in [5, 5.41) is 6.75. The second-order valence-corrected chi connectivity index (χ2v) is 7.45. The highest BCUT2D eigenvalue weighted by atomic mass is 127. The molecular weight excluding hydrogens is 497 g/mol. The Balaban J connectivity index is 1.86. The molecule has 0 aliphatic carbocycles. The van der Waals surface area contributed by atoms with Crippen molar-refractivity contribution in [2.75, 3.05) is 19.0 Å². The number of methoxy groups -OCH3 is 1. The summed E-state index contributed by atoms with van der Waals surface area (Å²) < 4.78 is 11.8. The second kappa shape index (κ2) is 12.0. The Bertz CT molecular complexity index is 944. The molecule has 0 atom stereocenters. The number of benzene rings is 2. The number of para-hydroxylation sites is 1. The van der Waals surface area contributed by atoms with Gasteiger partial charge < -0.3 is 14.8 Å². The molecule has 0 aliphatic rings. The van der Waals surface area contributed by atoms with E-state index in [2.05, 4.69) is 45.0 Å². The quantitative estimate of drug-likeness (QED) is 0.214. The molecule has 0 spiro atoms. The molecule has 2 rings (SSSR count). The van der Waals surface area contributed by atoms with Crippen molar-refractivity contribution in [3.63, 3.8) is 0 Å². The molecule has 8 heteroatoms. The minimum Gasteiger partial charge on any atom is -0.493 e. The Labute approximate surface area is 189 Å². The molecule has 0 aromatic heterocycles. The Hall–Kier alpha value is -2.88. The van der Waals surface area contributed by atoms with Crippen LogP contribution < -0.4 is 20.2 Å². The number of carbonyl (C=O) groups is 2. The highest BCUT2D eigenvalue weighted by Gasteiger charge is 2.11.